The zero-order valence-corrected chi connectivity index (χ0v) is 7.60. The van der Waals surface area contributed by atoms with Crippen LogP contribution < -0.4 is 10.7 Å². The predicted molar refractivity (Wildman–Crippen MR) is 54.4 cm³/mol. The third-order valence-electron chi connectivity index (χ3n) is 1.90. The molecule has 0 atom stereocenters. The van der Waals surface area contributed by atoms with E-state index in [1.54, 1.807) is 6.20 Å². The molecule has 0 aliphatic carbocycles. The van der Waals surface area contributed by atoms with Crippen LogP contribution in [0, 0.1) is 0 Å². The van der Waals surface area contributed by atoms with Gasteiger partial charge < -0.3 is 5.32 Å². The van der Waals surface area contributed by atoms with Crippen molar-refractivity contribution in [1.29, 1.82) is 0 Å². The van der Waals surface area contributed by atoms with E-state index in [2.05, 4.69) is 10.7 Å². The Hall–Kier alpha value is -1.97. The lowest BCUT2D eigenvalue weighted by Gasteiger charge is -2.25. The van der Waals surface area contributed by atoms with E-state index in [4.69, 9.17) is 0 Å². The Labute approximate surface area is 82.2 Å². The molecule has 0 bridgehead atoms. The first-order valence-corrected chi connectivity index (χ1v) is 4.41. The van der Waals surface area contributed by atoms with Gasteiger partial charge >= 0.3 is 6.03 Å². The number of anilines is 1. The highest BCUT2D eigenvalue weighted by molar-refractivity contribution is 5.77. The van der Waals surface area contributed by atoms with Crippen molar-refractivity contribution < 1.29 is 4.79 Å². The molecule has 4 nitrogen and oxygen atoms in total. The molecule has 1 heterocycles. The van der Waals surface area contributed by atoms with Crippen LogP contribution in [-0.4, -0.2) is 17.6 Å². The van der Waals surface area contributed by atoms with E-state index in [1.807, 2.05) is 36.4 Å². The molecular weight excluding hydrogens is 178 g/mol. The average molecular weight is 189 g/mol. The Morgan fingerprint density at radius 1 is 1.29 bits per heavy atom. The molecule has 0 fully saturated rings. The second-order valence-electron chi connectivity index (χ2n) is 2.94. The van der Waals surface area contributed by atoms with Crippen molar-refractivity contribution in [1.82, 2.24) is 10.3 Å². The molecule has 72 valence electrons. The highest BCUT2D eigenvalue weighted by Gasteiger charge is 2.13. The number of rotatable bonds is 2. The molecule has 2 amide bonds. The maximum Gasteiger partial charge on any atom is 0.340 e. The van der Waals surface area contributed by atoms with Crippen molar-refractivity contribution in [2.45, 2.75) is 0 Å². The Bertz CT molecular complexity index is 348. The molecule has 1 aromatic carbocycles. The molecule has 14 heavy (non-hydrogen) atoms. The van der Waals surface area contributed by atoms with Gasteiger partial charge in [0.05, 0.1) is 12.2 Å². The molecule has 2 rings (SSSR count). The van der Waals surface area contributed by atoms with Gasteiger partial charge in [-0.3, -0.25) is 5.43 Å². The number of para-hydroxylation sites is 1. The summed E-state index contributed by atoms with van der Waals surface area (Å²) in [5.74, 6) is 0. The highest BCUT2D eigenvalue weighted by atomic mass is 16.2. The number of hydrogen-bond acceptors (Lipinski definition) is 2. The zero-order chi connectivity index (χ0) is 9.80. The summed E-state index contributed by atoms with van der Waals surface area (Å²) < 4.78 is 0. The molecule has 4 heteroatoms. The molecule has 0 saturated carbocycles. The minimum atomic E-state index is -0.142. The van der Waals surface area contributed by atoms with Gasteiger partial charge in [-0.2, -0.15) is 0 Å². The first-order valence-electron chi connectivity index (χ1n) is 4.41. The first kappa shape index (κ1) is 8.62. The lowest BCUT2D eigenvalue weighted by molar-refractivity contribution is 0.214. The van der Waals surface area contributed by atoms with Crippen LogP contribution in [0.3, 0.4) is 0 Å². The lowest BCUT2D eigenvalue weighted by Crippen LogP contribution is -2.44. The normalized spacial score (nSPS) is 15.1. The van der Waals surface area contributed by atoms with Crippen molar-refractivity contribution in [3.8, 4) is 0 Å². The number of hydrogen-bond donors (Lipinski definition) is 2. The van der Waals surface area contributed by atoms with Gasteiger partial charge in [-0.25, -0.2) is 9.80 Å². The second kappa shape index (κ2) is 3.83. The van der Waals surface area contributed by atoms with Crippen molar-refractivity contribution >= 4 is 11.7 Å². The van der Waals surface area contributed by atoms with Crippen LogP contribution in [0.5, 0.6) is 0 Å². The number of amides is 2. The minimum absolute atomic E-state index is 0.142. The van der Waals surface area contributed by atoms with Gasteiger partial charge in [0.2, 0.25) is 0 Å². The molecule has 1 aromatic rings. The number of hydrazine groups is 1. The lowest BCUT2D eigenvalue weighted by atomic mass is 10.3. The van der Waals surface area contributed by atoms with Crippen molar-refractivity contribution in [3.05, 3.63) is 42.6 Å². The van der Waals surface area contributed by atoms with Gasteiger partial charge in [0.1, 0.15) is 0 Å². The predicted octanol–water partition coefficient (Wildman–Crippen LogP) is 1.55. The van der Waals surface area contributed by atoms with Gasteiger partial charge in [-0.15, -0.1) is 0 Å². The molecule has 1 aliphatic rings. The molecule has 0 unspecified atom stereocenters. The molecule has 0 spiro atoms. The summed E-state index contributed by atoms with van der Waals surface area (Å²) in [7, 11) is 0. The fourth-order valence-electron chi connectivity index (χ4n) is 1.21. The fraction of sp³-hybridized carbons (Fsp3) is 0.100. The van der Waals surface area contributed by atoms with Crippen LogP contribution in [0.4, 0.5) is 10.5 Å². The van der Waals surface area contributed by atoms with Crippen LogP contribution in [0.2, 0.25) is 0 Å². The Morgan fingerprint density at radius 2 is 2.07 bits per heavy atom. The van der Waals surface area contributed by atoms with Crippen LogP contribution in [0.1, 0.15) is 0 Å². The second-order valence-corrected chi connectivity index (χ2v) is 2.94. The summed E-state index contributed by atoms with van der Waals surface area (Å²) in [5.41, 5.74) is 3.90. The zero-order valence-electron chi connectivity index (χ0n) is 7.60. The SMILES string of the molecule is O=C1NC=CCN1Nc1ccccc1. The monoisotopic (exact) mass is 189 g/mol. The maximum atomic E-state index is 11.3. The summed E-state index contributed by atoms with van der Waals surface area (Å²) in [6.45, 7) is 0.570. The van der Waals surface area contributed by atoms with E-state index in [9.17, 15) is 4.79 Å². The number of carbonyl (C=O) groups excluding carboxylic acids is 1. The summed E-state index contributed by atoms with van der Waals surface area (Å²) in [5, 5.41) is 4.11. The van der Waals surface area contributed by atoms with Crippen LogP contribution in [0.25, 0.3) is 0 Å². The van der Waals surface area contributed by atoms with Gasteiger partial charge in [-0.1, -0.05) is 18.2 Å². The molecule has 0 aromatic heterocycles. The van der Waals surface area contributed by atoms with Crippen LogP contribution in [-0.2, 0) is 0 Å². The van der Waals surface area contributed by atoms with Gasteiger partial charge in [0, 0.05) is 6.20 Å². The maximum absolute atomic E-state index is 11.3. The third-order valence-corrected chi connectivity index (χ3v) is 1.90. The van der Waals surface area contributed by atoms with E-state index >= 15 is 0 Å². The van der Waals surface area contributed by atoms with Crippen molar-refractivity contribution in [2.24, 2.45) is 0 Å². The first-order chi connectivity index (χ1) is 6.86. The van der Waals surface area contributed by atoms with Crippen LogP contribution in [0.15, 0.2) is 42.6 Å². The average Bonchev–Trinajstić information content (AvgIpc) is 2.23. The van der Waals surface area contributed by atoms with Gasteiger partial charge in [0.25, 0.3) is 0 Å². The Balaban J connectivity index is 2.04. The van der Waals surface area contributed by atoms with E-state index in [1.165, 1.54) is 5.01 Å². The molecule has 1 aliphatic heterocycles. The van der Waals surface area contributed by atoms with E-state index in [0.29, 0.717) is 6.54 Å². The smallest absolute Gasteiger partial charge is 0.313 e. The number of nitrogens with one attached hydrogen (secondary N) is 2. The number of carbonyl (C=O) groups is 1. The van der Waals surface area contributed by atoms with E-state index in [0.717, 1.165) is 5.69 Å². The summed E-state index contributed by atoms with van der Waals surface area (Å²) >= 11 is 0. The number of urea groups is 1. The van der Waals surface area contributed by atoms with Crippen molar-refractivity contribution in [3.63, 3.8) is 0 Å². The third kappa shape index (κ3) is 1.85. The number of nitrogens with zero attached hydrogens (tertiary/aromatic N) is 1. The van der Waals surface area contributed by atoms with E-state index < -0.39 is 0 Å². The van der Waals surface area contributed by atoms with Gasteiger partial charge in [-0.05, 0) is 18.2 Å². The van der Waals surface area contributed by atoms with Crippen molar-refractivity contribution in [2.75, 3.05) is 12.0 Å². The molecular formula is C10H11N3O. The largest absolute Gasteiger partial charge is 0.340 e. The molecule has 2 N–H and O–H groups in total. The summed E-state index contributed by atoms with van der Waals surface area (Å²) in [4.78, 5) is 11.3. The van der Waals surface area contributed by atoms with E-state index in [-0.39, 0.29) is 6.03 Å². The summed E-state index contributed by atoms with van der Waals surface area (Å²) in [6.07, 6.45) is 3.52. The fourth-order valence-corrected chi connectivity index (χ4v) is 1.21. The molecule has 0 saturated heterocycles. The Kier molecular flexibility index (Phi) is 2.36. The highest BCUT2D eigenvalue weighted by Crippen LogP contribution is 2.07. The summed E-state index contributed by atoms with van der Waals surface area (Å²) in [6, 6.07) is 9.44. The standard InChI is InChI=1S/C10H11N3O/c14-10-11-7-4-8-13(10)12-9-5-2-1-3-6-9/h1-7,12H,8H2,(H,11,14). The van der Waals surface area contributed by atoms with Gasteiger partial charge in [0.15, 0.2) is 0 Å². The topological polar surface area (TPSA) is 44.4 Å². The quantitative estimate of drug-likeness (QED) is 0.741. The van der Waals surface area contributed by atoms with Crippen LogP contribution >= 0.6 is 0 Å². The minimum Gasteiger partial charge on any atom is -0.313 e. The number of benzene rings is 1. The molecule has 0 radical (unpaired) electrons. The Morgan fingerprint density at radius 3 is 2.79 bits per heavy atom.